The summed E-state index contributed by atoms with van der Waals surface area (Å²) >= 11 is 0. The van der Waals surface area contributed by atoms with Crippen LogP contribution in [0.4, 0.5) is 0 Å². The number of rotatable bonds is 2. The highest BCUT2D eigenvalue weighted by molar-refractivity contribution is 6.01. The minimum atomic E-state index is -0.503. The van der Waals surface area contributed by atoms with Crippen LogP contribution in [-0.4, -0.2) is 35.3 Å². The van der Waals surface area contributed by atoms with Gasteiger partial charge in [-0.25, -0.2) is 0 Å². The number of fused-ring (bicyclic) bond motifs is 1. The van der Waals surface area contributed by atoms with Crippen LogP contribution in [0.25, 0.3) is 11.1 Å². The van der Waals surface area contributed by atoms with Crippen molar-refractivity contribution in [3.8, 4) is 16.9 Å². The Morgan fingerprint density at radius 2 is 1.53 bits per heavy atom. The Labute approximate surface area is 188 Å². The number of Topliss-reactive ketones (excluding diaryl/α,β-unsaturated/α-hetero) is 1. The first-order chi connectivity index (χ1) is 15.5. The molecule has 0 N–H and O–H groups in total. The van der Waals surface area contributed by atoms with E-state index >= 15 is 0 Å². The summed E-state index contributed by atoms with van der Waals surface area (Å²) in [5, 5.41) is 0. The third kappa shape index (κ3) is 3.60. The largest absolute Gasteiger partial charge is 0.486 e. The van der Waals surface area contributed by atoms with Crippen LogP contribution in [0, 0.1) is 13.8 Å². The van der Waals surface area contributed by atoms with Gasteiger partial charge < -0.3 is 9.64 Å². The number of aryl methyl sites for hydroxylation is 1. The van der Waals surface area contributed by atoms with E-state index < -0.39 is 5.60 Å². The molecule has 1 saturated heterocycles. The number of hydrogen-bond acceptors (Lipinski definition) is 3. The Morgan fingerprint density at radius 3 is 2.22 bits per heavy atom. The van der Waals surface area contributed by atoms with Crippen molar-refractivity contribution >= 4 is 11.7 Å². The number of likely N-dealkylation sites (tertiary alicyclic amines) is 1. The van der Waals surface area contributed by atoms with Crippen molar-refractivity contribution in [1.82, 2.24) is 4.90 Å². The lowest BCUT2D eigenvalue weighted by molar-refractivity contribution is -0.00620. The number of piperidine rings is 1. The standard InChI is InChI=1S/C28H27NO3/c1-19-8-13-24-25(30)18-28(32-26(24)20(19)2)14-16-29(17-15-28)27(31)23-11-9-22(10-12-23)21-6-4-3-5-7-21/h3-13H,14-18H2,1-2H3. The van der Waals surface area contributed by atoms with E-state index in [9.17, 15) is 9.59 Å². The summed E-state index contributed by atoms with van der Waals surface area (Å²) < 4.78 is 6.48. The van der Waals surface area contributed by atoms with Gasteiger partial charge in [0.1, 0.15) is 11.4 Å². The molecule has 0 aromatic heterocycles. The van der Waals surface area contributed by atoms with E-state index in [4.69, 9.17) is 4.74 Å². The molecule has 0 bridgehead atoms. The number of ether oxygens (including phenoxy) is 1. The van der Waals surface area contributed by atoms with Crippen molar-refractivity contribution in [2.45, 2.75) is 38.7 Å². The quantitative estimate of drug-likeness (QED) is 0.536. The molecule has 0 radical (unpaired) electrons. The molecule has 2 aliphatic rings. The van der Waals surface area contributed by atoms with Gasteiger partial charge in [-0.15, -0.1) is 0 Å². The Morgan fingerprint density at radius 1 is 0.875 bits per heavy atom. The SMILES string of the molecule is Cc1ccc2c(c1C)OC1(CCN(C(=O)c3ccc(-c4ccccc4)cc3)CC1)CC2=O. The van der Waals surface area contributed by atoms with E-state index in [1.165, 1.54) is 0 Å². The maximum Gasteiger partial charge on any atom is 0.253 e. The van der Waals surface area contributed by atoms with E-state index in [1.54, 1.807) is 0 Å². The Kier molecular flexibility index (Phi) is 5.09. The molecule has 0 unspecified atom stereocenters. The molecule has 2 aliphatic heterocycles. The fourth-order valence-corrected chi connectivity index (χ4v) is 4.80. The van der Waals surface area contributed by atoms with E-state index in [0.29, 0.717) is 43.5 Å². The highest BCUT2D eigenvalue weighted by atomic mass is 16.5. The lowest BCUT2D eigenvalue weighted by Gasteiger charge is -2.44. The fraction of sp³-hybridized carbons (Fsp3) is 0.286. The van der Waals surface area contributed by atoms with Crippen molar-refractivity contribution < 1.29 is 14.3 Å². The molecule has 0 aliphatic carbocycles. The zero-order chi connectivity index (χ0) is 22.3. The van der Waals surface area contributed by atoms with Gasteiger partial charge >= 0.3 is 0 Å². The molecule has 0 saturated carbocycles. The van der Waals surface area contributed by atoms with Crippen molar-refractivity contribution in [1.29, 1.82) is 0 Å². The summed E-state index contributed by atoms with van der Waals surface area (Å²) in [4.78, 5) is 27.8. The summed E-state index contributed by atoms with van der Waals surface area (Å²) in [7, 11) is 0. The molecule has 5 rings (SSSR count). The smallest absolute Gasteiger partial charge is 0.253 e. The third-order valence-corrected chi connectivity index (χ3v) is 6.98. The van der Waals surface area contributed by atoms with E-state index in [1.807, 2.05) is 73.3 Å². The predicted molar refractivity (Wildman–Crippen MR) is 125 cm³/mol. The molecule has 1 amide bonds. The molecule has 4 nitrogen and oxygen atoms in total. The second-order valence-corrected chi connectivity index (χ2v) is 9.00. The van der Waals surface area contributed by atoms with Crippen LogP contribution in [0.2, 0.25) is 0 Å². The monoisotopic (exact) mass is 425 g/mol. The highest BCUT2D eigenvalue weighted by Gasteiger charge is 2.44. The first-order valence-corrected chi connectivity index (χ1v) is 11.2. The molecule has 3 aromatic carbocycles. The second-order valence-electron chi connectivity index (χ2n) is 9.00. The lowest BCUT2D eigenvalue weighted by Crippen LogP contribution is -2.52. The number of nitrogens with zero attached hydrogens (tertiary/aromatic N) is 1. The summed E-state index contributed by atoms with van der Waals surface area (Å²) in [6, 6.07) is 21.8. The van der Waals surface area contributed by atoms with Crippen LogP contribution < -0.4 is 4.74 Å². The minimum Gasteiger partial charge on any atom is -0.486 e. The normalized spacial score (nSPS) is 17.1. The number of benzene rings is 3. The van der Waals surface area contributed by atoms with Crippen molar-refractivity contribution in [2.75, 3.05) is 13.1 Å². The number of hydrogen-bond donors (Lipinski definition) is 0. The average molecular weight is 426 g/mol. The second kappa shape index (κ2) is 7.94. The first-order valence-electron chi connectivity index (χ1n) is 11.2. The van der Waals surface area contributed by atoms with Crippen LogP contribution >= 0.6 is 0 Å². The van der Waals surface area contributed by atoms with E-state index in [-0.39, 0.29) is 11.7 Å². The molecule has 32 heavy (non-hydrogen) atoms. The lowest BCUT2D eigenvalue weighted by atomic mass is 9.81. The first kappa shape index (κ1) is 20.5. The summed E-state index contributed by atoms with van der Waals surface area (Å²) in [5.74, 6) is 0.914. The van der Waals surface area contributed by atoms with E-state index in [0.717, 1.165) is 28.0 Å². The van der Waals surface area contributed by atoms with Gasteiger partial charge in [-0.3, -0.25) is 9.59 Å². The minimum absolute atomic E-state index is 0.0361. The highest BCUT2D eigenvalue weighted by Crippen LogP contribution is 2.42. The molecular weight excluding hydrogens is 398 g/mol. The number of carbonyl (C=O) groups excluding carboxylic acids is 2. The number of ketones is 1. The molecular formula is C28H27NO3. The summed E-state index contributed by atoms with van der Waals surface area (Å²) in [6.07, 6.45) is 1.72. The molecule has 162 valence electrons. The van der Waals surface area contributed by atoms with Crippen LogP contribution in [0.1, 0.15) is 51.1 Å². The Bertz CT molecular complexity index is 1170. The van der Waals surface area contributed by atoms with Crippen LogP contribution in [0.5, 0.6) is 5.75 Å². The molecule has 1 fully saturated rings. The molecule has 0 atom stereocenters. The van der Waals surface area contributed by atoms with E-state index in [2.05, 4.69) is 12.1 Å². The Hall–Kier alpha value is -3.40. The third-order valence-electron chi connectivity index (χ3n) is 6.98. The van der Waals surface area contributed by atoms with Gasteiger partial charge in [0.05, 0.1) is 12.0 Å². The topological polar surface area (TPSA) is 46.6 Å². The average Bonchev–Trinajstić information content (AvgIpc) is 2.82. The summed E-state index contributed by atoms with van der Waals surface area (Å²) in [5.41, 5.74) is 5.27. The number of amides is 1. The van der Waals surface area contributed by atoms with Crippen molar-refractivity contribution in [2.24, 2.45) is 0 Å². The Balaban J connectivity index is 1.29. The van der Waals surface area contributed by atoms with Crippen LogP contribution in [0.3, 0.4) is 0 Å². The molecule has 4 heteroatoms. The van der Waals surface area contributed by atoms with Gasteiger partial charge in [0.15, 0.2) is 5.78 Å². The zero-order valence-electron chi connectivity index (χ0n) is 18.6. The van der Waals surface area contributed by atoms with Gasteiger partial charge in [0.25, 0.3) is 5.91 Å². The van der Waals surface area contributed by atoms with Crippen molar-refractivity contribution in [3.05, 3.63) is 89.0 Å². The molecule has 2 heterocycles. The summed E-state index contributed by atoms with van der Waals surface area (Å²) in [6.45, 7) is 5.23. The van der Waals surface area contributed by atoms with Gasteiger partial charge in [0.2, 0.25) is 0 Å². The zero-order valence-corrected chi connectivity index (χ0v) is 18.6. The fourth-order valence-electron chi connectivity index (χ4n) is 4.80. The van der Waals surface area contributed by atoms with Gasteiger partial charge in [-0.2, -0.15) is 0 Å². The van der Waals surface area contributed by atoms with Gasteiger partial charge in [-0.05, 0) is 54.3 Å². The maximum absolute atomic E-state index is 13.1. The molecule has 1 spiro atoms. The number of carbonyl (C=O) groups is 2. The van der Waals surface area contributed by atoms with Crippen LogP contribution in [0.15, 0.2) is 66.7 Å². The van der Waals surface area contributed by atoms with Crippen molar-refractivity contribution in [3.63, 3.8) is 0 Å². The van der Waals surface area contributed by atoms with Gasteiger partial charge in [-0.1, -0.05) is 48.5 Å². The maximum atomic E-state index is 13.1. The predicted octanol–water partition coefficient (Wildman–Crippen LogP) is 5.61. The molecule has 3 aromatic rings. The van der Waals surface area contributed by atoms with Crippen LogP contribution in [-0.2, 0) is 0 Å². The van der Waals surface area contributed by atoms with Gasteiger partial charge in [0, 0.05) is 31.5 Å².